The molecule has 7 nitrogen and oxygen atoms in total. The maximum absolute atomic E-state index is 11.8. The van der Waals surface area contributed by atoms with Crippen molar-refractivity contribution in [1.29, 1.82) is 0 Å². The van der Waals surface area contributed by atoms with Gasteiger partial charge in [-0.2, -0.15) is 5.10 Å². The standard InChI is InChI=1S/C11H14N4O3/c1-7(16)12-5-11(18)15-3-2-9-8(6-15)4-10(17)14-13-9/h4H,2-3,5-6H2,1H3,(H,12,16)(H,14,17). The highest BCUT2D eigenvalue weighted by Gasteiger charge is 2.21. The Morgan fingerprint density at radius 1 is 1.56 bits per heavy atom. The van der Waals surface area contributed by atoms with Crippen molar-refractivity contribution < 1.29 is 9.59 Å². The van der Waals surface area contributed by atoms with Gasteiger partial charge in [0.05, 0.1) is 12.2 Å². The van der Waals surface area contributed by atoms with Crippen LogP contribution in [0.4, 0.5) is 0 Å². The van der Waals surface area contributed by atoms with Gasteiger partial charge in [0.15, 0.2) is 0 Å². The summed E-state index contributed by atoms with van der Waals surface area (Å²) in [7, 11) is 0. The summed E-state index contributed by atoms with van der Waals surface area (Å²) in [6.45, 7) is 2.26. The molecule has 1 aromatic rings. The van der Waals surface area contributed by atoms with Crippen LogP contribution in [0.25, 0.3) is 0 Å². The third-order valence-corrected chi connectivity index (χ3v) is 2.80. The van der Waals surface area contributed by atoms with Crippen LogP contribution < -0.4 is 10.9 Å². The van der Waals surface area contributed by atoms with E-state index in [-0.39, 0.29) is 23.9 Å². The number of hydrogen-bond acceptors (Lipinski definition) is 4. The molecule has 0 unspecified atom stereocenters. The summed E-state index contributed by atoms with van der Waals surface area (Å²) in [5.41, 5.74) is 1.31. The fourth-order valence-corrected chi connectivity index (χ4v) is 1.87. The summed E-state index contributed by atoms with van der Waals surface area (Å²) in [5, 5.41) is 8.78. The highest BCUT2D eigenvalue weighted by molar-refractivity contribution is 5.83. The van der Waals surface area contributed by atoms with Gasteiger partial charge in [-0.05, 0) is 0 Å². The topological polar surface area (TPSA) is 95.2 Å². The quantitative estimate of drug-likeness (QED) is 0.688. The summed E-state index contributed by atoms with van der Waals surface area (Å²) in [6, 6.07) is 1.46. The molecule has 0 radical (unpaired) electrons. The molecular weight excluding hydrogens is 236 g/mol. The molecule has 96 valence electrons. The molecule has 0 aliphatic carbocycles. The van der Waals surface area contributed by atoms with Gasteiger partial charge >= 0.3 is 0 Å². The van der Waals surface area contributed by atoms with Crippen LogP contribution >= 0.6 is 0 Å². The molecule has 2 N–H and O–H groups in total. The molecule has 2 amide bonds. The van der Waals surface area contributed by atoms with Crippen molar-refractivity contribution in [2.75, 3.05) is 13.1 Å². The Balaban J connectivity index is 2.05. The lowest BCUT2D eigenvalue weighted by Gasteiger charge is -2.27. The molecule has 1 aliphatic heterocycles. The normalized spacial score (nSPS) is 13.9. The van der Waals surface area contributed by atoms with Crippen LogP contribution in [0, 0.1) is 0 Å². The van der Waals surface area contributed by atoms with Gasteiger partial charge in [0.25, 0.3) is 5.56 Å². The number of hydrogen-bond donors (Lipinski definition) is 2. The second-order valence-corrected chi connectivity index (χ2v) is 4.18. The Hall–Kier alpha value is -2.18. The van der Waals surface area contributed by atoms with Gasteiger partial charge in [0.1, 0.15) is 0 Å². The molecule has 18 heavy (non-hydrogen) atoms. The number of fused-ring (bicyclic) bond motifs is 1. The smallest absolute Gasteiger partial charge is 0.264 e. The van der Waals surface area contributed by atoms with E-state index in [0.29, 0.717) is 19.5 Å². The number of aromatic amines is 1. The van der Waals surface area contributed by atoms with Crippen molar-refractivity contribution >= 4 is 11.8 Å². The minimum absolute atomic E-state index is 0.0126. The predicted molar refractivity (Wildman–Crippen MR) is 62.7 cm³/mol. The third-order valence-electron chi connectivity index (χ3n) is 2.80. The van der Waals surface area contributed by atoms with E-state index in [4.69, 9.17) is 0 Å². The number of nitrogens with one attached hydrogen (secondary N) is 2. The monoisotopic (exact) mass is 250 g/mol. The molecule has 0 saturated heterocycles. The molecule has 2 heterocycles. The number of carbonyl (C=O) groups is 2. The lowest BCUT2D eigenvalue weighted by Crippen LogP contribution is -2.42. The molecule has 0 fully saturated rings. The van der Waals surface area contributed by atoms with Gasteiger partial charge in [-0.1, -0.05) is 0 Å². The Labute approximate surface area is 103 Å². The first-order valence-corrected chi connectivity index (χ1v) is 5.66. The highest BCUT2D eigenvalue weighted by atomic mass is 16.2. The van der Waals surface area contributed by atoms with Crippen LogP contribution in [0.2, 0.25) is 0 Å². The Morgan fingerprint density at radius 2 is 2.33 bits per heavy atom. The molecule has 1 aliphatic rings. The fraction of sp³-hybridized carbons (Fsp3) is 0.455. The maximum atomic E-state index is 11.8. The molecule has 0 spiro atoms. The number of nitrogens with zero attached hydrogens (tertiary/aromatic N) is 2. The van der Waals surface area contributed by atoms with Gasteiger partial charge in [-0.25, -0.2) is 5.10 Å². The second-order valence-electron chi connectivity index (χ2n) is 4.18. The zero-order valence-electron chi connectivity index (χ0n) is 10.0. The van der Waals surface area contributed by atoms with E-state index >= 15 is 0 Å². The second kappa shape index (κ2) is 4.99. The summed E-state index contributed by atoms with van der Waals surface area (Å²) in [4.78, 5) is 35.3. The van der Waals surface area contributed by atoms with Crippen molar-refractivity contribution in [2.24, 2.45) is 0 Å². The lowest BCUT2D eigenvalue weighted by molar-refractivity contribution is -0.133. The van der Waals surface area contributed by atoms with Gasteiger partial charge in [0, 0.05) is 38.1 Å². The molecule has 0 saturated carbocycles. The zero-order chi connectivity index (χ0) is 13.1. The fourth-order valence-electron chi connectivity index (χ4n) is 1.87. The van der Waals surface area contributed by atoms with Crippen LogP contribution in [-0.2, 0) is 22.6 Å². The first kappa shape index (κ1) is 12.3. The van der Waals surface area contributed by atoms with Crippen molar-refractivity contribution in [3.05, 3.63) is 27.7 Å². The first-order valence-electron chi connectivity index (χ1n) is 5.66. The average molecular weight is 250 g/mol. The SMILES string of the molecule is CC(=O)NCC(=O)N1CCc2n[nH]c(=O)cc2C1. The molecule has 7 heteroatoms. The molecule has 1 aromatic heterocycles. The van der Waals surface area contributed by atoms with Gasteiger partial charge in [0.2, 0.25) is 11.8 Å². The number of amides is 2. The zero-order valence-corrected chi connectivity index (χ0v) is 10.0. The predicted octanol–water partition coefficient (Wildman–Crippen LogP) is -1.21. The summed E-state index contributed by atoms with van der Waals surface area (Å²) in [5.74, 6) is -0.394. The Bertz CT molecular complexity index is 537. The van der Waals surface area contributed by atoms with E-state index in [1.165, 1.54) is 13.0 Å². The molecule has 2 rings (SSSR count). The Kier molecular flexibility index (Phi) is 3.40. The largest absolute Gasteiger partial charge is 0.347 e. The summed E-state index contributed by atoms with van der Waals surface area (Å²) >= 11 is 0. The number of carbonyl (C=O) groups excluding carboxylic acids is 2. The first-order chi connectivity index (χ1) is 8.56. The minimum atomic E-state index is -0.273. The minimum Gasteiger partial charge on any atom is -0.347 e. The maximum Gasteiger partial charge on any atom is 0.264 e. The summed E-state index contributed by atoms with van der Waals surface area (Å²) in [6.07, 6.45) is 0.609. The van der Waals surface area contributed by atoms with Crippen molar-refractivity contribution in [3.63, 3.8) is 0 Å². The average Bonchev–Trinajstić information content (AvgIpc) is 2.34. The van der Waals surface area contributed by atoms with Gasteiger partial charge in [-0.15, -0.1) is 0 Å². The van der Waals surface area contributed by atoms with E-state index in [9.17, 15) is 14.4 Å². The third kappa shape index (κ3) is 2.73. The van der Waals surface area contributed by atoms with E-state index in [2.05, 4.69) is 15.5 Å². The van der Waals surface area contributed by atoms with Crippen molar-refractivity contribution in [1.82, 2.24) is 20.4 Å². The van der Waals surface area contributed by atoms with Crippen LogP contribution in [0.5, 0.6) is 0 Å². The van der Waals surface area contributed by atoms with Crippen LogP contribution in [0.3, 0.4) is 0 Å². The van der Waals surface area contributed by atoms with Crippen molar-refractivity contribution in [3.8, 4) is 0 Å². The summed E-state index contributed by atoms with van der Waals surface area (Å²) < 4.78 is 0. The highest BCUT2D eigenvalue weighted by Crippen LogP contribution is 2.14. The van der Waals surface area contributed by atoms with E-state index in [0.717, 1.165) is 11.3 Å². The molecular formula is C11H14N4O3. The Morgan fingerprint density at radius 3 is 3.06 bits per heavy atom. The van der Waals surface area contributed by atoms with Gasteiger partial charge in [-0.3, -0.25) is 14.4 Å². The van der Waals surface area contributed by atoms with E-state index in [1.54, 1.807) is 4.90 Å². The van der Waals surface area contributed by atoms with E-state index < -0.39 is 0 Å². The number of aromatic nitrogens is 2. The van der Waals surface area contributed by atoms with Crippen LogP contribution in [-0.4, -0.2) is 40.0 Å². The number of rotatable bonds is 2. The van der Waals surface area contributed by atoms with Crippen LogP contribution in [0.1, 0.15) is 18.2 Å². The van der Waals surface area contributed by atoms with Crippen molar-refractivity contribution in [2.45, 2.75) is 19.9 Å². The molecule has 0 atom stereocenters. The lowest BCUT2D eigenvalue weighted by atomic mass is 10.1. The molecule has 0 aromatic carbocycles. The molecule has 0 bridgehead atoms. The van der Waals surface area contributed by atoms with Gasteiger partial charge < -0.3 is 10.2 Å². The number of H-pyrrole nitrogens is 1. The van der Waals surface area contributed by atoms with Crippen LogP contribution in [0.15, 0.2) is 10.9 Å². The van der Waals surface area contributed by atoms with E-state index in [1.807, 2.05) is 0 Å².